The molecular weight excluding hydrogens is 222 g/mol. The zero-order chi connectivity index (χ0) is 13.0. The van der Waals surface area contributed by atoms with Crippen molar-refractivity contribution < 1.29 is 4.79 Å². The van der Waals surface area contributed by atoms with Gasteiger partial charge in [0.05, 0.1) is 0 Å². The Labute approximate surface area is 110 Å². The number of carbonyl (C=O) groups is 1. The van der Waals surface area contributed by atoms with Crippen LogP contribution in [0.3, 0.4) is 0 Å². The van der Waals surface area contributed by atoms with Gasteiger partial charge in [0.1, 0.15) is 0 Å². The molecular formula is C16H23NO. The first-order valence-corrected chi connectivity index (χ1v) is 7.04. The monoisotopic (exact) mass is 245 g/mol. The Kier molecular flexibility index (Phi) is 4.18. The smallest absolute Gasteiger partial charge is 0.164 e. The lowest BCUT2D eigenvalue weighted by Gasteiger charge is -2.22. The van der Waals surface area contributed by atoms with Gasteiger partial charge in [0.15, 0.2) is 5.78 Å². The minimum atomic E-state index is -0.237. The Morgan fingerprint density at radius 3 is 2.39 bits per heavy atom. The van der Waals surface area contributed by atoms with Gasteiger partial charge in [-0.25, -0.2) is 0 Å². The first-order chi connectivity index (χ1) is 8.63. The number of nitrogens with two attached hydrogens (primary N) is 1. The Morgan fingerprint density at radius 1 is 1.22 bits per heavy atom. The highest BCUT2D eigenvalue weighted by atomic mass is 16.1. The van der Waals surface area contributed by atoms with Crippen molar-refractivity contribution in [1.29, 1.82) is 0 Å². The number of hydrogen-bond acceptors (Lipinski definition) is 2. The molecule has 98 valence electrons. The minimum absolute atomic E-state index is 0.197. The normalized spacial score (nSPS) is 17.9. The van der Waals surface area contributed by atoms with E-state index in [1.165, 1.54) is 18.4 Å². The van der Waals surface area contributed by atoms with Crippen LogP contribution in [-0.2, 0) is 6.42 Å². The van der Waals surface area contributed by atoms with Gasteiger partial charge < -0.3 is 5.73 Å². The highest BCUT2D eigenvalue weighted by molar-refractivity contribution is 5.96. The number of hydrogen-bond donors (Lipinski definition) is 1. The summed E-state index contributed by atoms with van der Waals surface area (Å²) in [5.74, 6) is 0.197. The Bertz CT molecular complexity index is 402. The van der Waals surface area contributed by atoms with Gasteiger partial charge in [0.25, 0.3) is 0 Å². The molecule has 0 bridgehead atoms. The summed E-state index contributed by atoms with van der Waals surface area (Å²) in [7, 11) is 0. The van der Waals surface area contributed by atoms with Crippen molar-refractivity contribution in [2.45, 2.75) is 57.4 Å². The number of Topliss-reactive ketones (excluding diaryl/α,β-unsaturated/α-hetero) is 1. The maximum atomic E-state index is 12.2. The average molecular weight is 245 g/mol. The molecule has 2 N–H and O–H groups in total. The van der Waals surface area contributed by atoms with Crippen molar-refractivity contribution in [3.63, 3.8) is 0 Å². The highest BCUT2D eigenvalue weighted by Gasteiger charge is 2.31. The molecule has 0 saturated heterocycles. The molecule has 2 heteroatoms. The van der Waals surface area contributed by atoms with Gasteiger partial charge in [-0.3, -0.25) is 4.79 Å². The van der Waals surface area contributed by atoms with Crippen molar-refractivity contribution in [2.75, 3.05) is 0 Å². The number of aryl methyl sites for hydroxylation is 1. The van der Waals surface area contributed by atoms with E-state index < -0.39 is 0 Å². The zero-order valence-corrected chi connectivity index (χ0v) is 11.2. The van der Waals surface area contributed by atoms with E-state index in [2.05, 4.69) is 19.1 Å². The Hall–Kier alpha value is -1.15. The van der Waals surface area contributed by atoms with Crippen LogP contribution in [0.4, 0.5) is 0 Å². The summed E-state index contributed by atoms with van der Waals surface area (Å²) in [5, 5.41) is 0. The van der Waals surface area contributed by atoms with Crippen LogP contribution in [0.25, 0.3) is 0 Å². The Morgan fingerprint density at radius 2 is 1.83 bits per heavy atom. The molecule has 0 heterocycles. The topological polar surface area (TPSA) is 43.1 Å². The second kappa shape index (κ2) is 5.66. The van der Waals surface area contributed by atoms with E-state index >= 15 is 0 Å². The van der Waals surface area contributed by atoms with Crippen LogP contribution in [0.5, 0.6) is 0 Å². The van der Waals surface area contributed by atoms with Crippen LogP contribution in [0.15, 0.2) is 24.3 Å². The van der Waals surface area contributed by atoms with E-state index in [-0.39, 0.29) is 11.3 Å². The van der Waals surface area contributed by atoms with Crippen molar-refractivity contribution in [2.24, 2.45) is 5.73 Å². The van der Waals surface area contributed by atoms with Crippen LogP contribution < -0.4 is 5.73 Å². The average Bonchev–Trinajstić information content (AvgIpc) is 2.77. The van der Waals surface area contributed by atoms with Gasteiger partial charge in [-0.1, -0.05) is 50.5 Å². The fraction of sp³-hybridized carbons (Fsp3) is 0.562. The lowest BCUT2D eigenvalue weighted by atomic mass is 9.89. The van der Waals surface area contributed by atoms with Gasteiger partial charge in [-0.05, 0) is 24.8 Å². The zero-order valence-electron chi connectivity index (χ0n) is 11.2. The molecule has 1 fully saturated rings. The van der Waals surface area contributed by atoms with Gasteiger partial charge in [-0.2, -0.15) is 0 Å². The van der Waals surface area contributed by atoms with Gasteiger partial charge in [0, 0.05) is 17.5 Å². The summed E-state index contributed by atoms with van der Waals surface area (Å²) in [6.45, 7) is 2.16. The van der Waals surface area contributed by atoms with Crippen molar-refractivity contribution in [1.82, 2.24) is 0 Å². The minimum Gasteiger partial charge on any atom is -0.325 e. The molecule has 2 rings (SSSR count). The number of rotatable bonds is 5. The predicted octanol–water partition coefficient (Wildman–Crippen LogP) is 3.48. The molecule has 1 aromatic carbocycles. The van der Waals surface area contributed by atoms with Crippen LogP contribution in [0.1, 0.15) is 61.4 Å². The molecule has 1 aromatic rings. The van der Waals surface area contributed by atoms with E-state index in [4.69, 9.17) is 5.73 Å². The van der Waals surface area contributed by atoms with Crippen molar-refractivity contribution >= 4 is 5.78 Å². The molecule has 0 radical (unpaired) electrons. The molecule has 0 spiro atoms. The van der Waals surface area contributed by atoms with E-state index in [1.807, 2.05) is 12.1 Å². The third kappa shape index (κ3) is 3.20. The molecule has 2 nitrogen and oxygen atoms in total. The largest absolute Gasteiger partial charge is 0.325 e. The van der Waals surface area contributed by atoms with E-state index in [9.17, 15) is 4.79 Å². The number of ketones is 1. The maximum absolute atomic E-state index is 12.2. The molecule has 0 aromatic heterocycles. The summed E-state index contributed by atoms with van der Waals surface area (Å²) in [5.41, 5.74) is 8.13. The standard InChI is InChI=1S/C16H23NO/c1-2-5-13-6-8-14(9-7-13)15(18)12-16(17)10-3-4-11-16/h6-9H,2-5,10-12,17H2,1H3. The van der Waals surface area contributed by atoms with E-state index in [1.54, 1.807) is 0 Å². The number of carbonyl (C=O) groups excluding carboxylic acids is 1. The molecule has 1 saturated carbocycles. The van der Waals surface area contributed by atoms with Gasteiger partial charge >= 0.3 is 0 Å². The van der Waals surface area contributed by atoms with Crippen LogP contribution in [0.2, 0.25) is 0 Å². The molecule has 0 amide bonds. The summed E-state index contributed by atoms with van der Waals surface area (Å²) in [6, 6.07) is 8.03. The van der Waals surface area contributed by atoms with Crippen molar-refractivity contribution in [3.05, 3.63) is 35.4 Å². The molecule has 1 aliphatic carbocycles. The third-order valence-electron chi connectivity index (χ3n) is 3.93. The summed E-state index contributed by atoms with van der Waals surface area (Å²) in [6.07, 6.45) is 7.03. The lowest BCUT2D eigenvalue weighted by molar-refractivity contribution is 0.0952. The molecule has 1 aliphatic rings. The highest BCUT2D eigenvalue weighted by Crippen LogP contribution is 2.31. The fourth-order valence-electron chi connectivity index (χ4n) is 2.82. The first-order valence-electron chi connectivity index (χ1n) is 7.04. The van der Waals surface area contributed by atoms with Crippen LogP contribution >= 0.6 is 0 Å². The fourth-order valence-corrected chi connectivity index (χ4v) is 2.82. The summed E-state index contributed by atoms with van der Waals surface area (Å²) in [4.78, 5) is 12.2. The second-order valence-corrected chi connectivity index (χ2v) is 5.62. The molecule has 0 unspecified atom stereocenters. The van der Waals surface area contributed by atoms with Crippen LogP contribution in [-0.4, -0.2) is 11.3 Å². The molecule has 18 heavy (non-hydrogen) atoms. The lowest BCUT2D eigenvalue weighted by Crippen LogP contribution is -2.38. The second-order valence-electron chi connectivity index (χ2n) is 5.62. The number of benzene rings is 1. The third-order valence-corrected chi connectivity index (χ3v) is 3.93. The summed E-state index contributed by atoms with van der Waals surface area (Å²) < 4.78 is 0. The van der Waals surface area contributed by atoms with Gasteiger partial charge in [0.2, 0.25) is 0 Å². The molecule has 0 aliphatic heterocycles. The van der Waals surface area contributed by atoms with E-state index in [0.717, 1.165) is 31.2 Å². The quantitative estimate of drug-likeness (QED) is 0.807. The first kappa shape index (κ1) is 13.3. The SMILES string of the molecule is CCCc1ccc(C(=O)CC2(N)CCCC2)cc1. The molecule has 0 atom stereocenters. The predicted molar refractivity (Wildman–Crippen MR) is 74.8 cm³/mol. The van der Waals surface area contributed by atoms with Gasteiger partial charge in [-0.15, -0.1) is 0 Å². The van der Waals surface area contributed by atoms with Crippen molar-refractivity contribution in [3.8, 4) is 0 Å². The Balaban J connectivity index is 2.00. The summed E-state index contributed by atoms with van der Waals surface area (Å²) >= 11 is 0. The van der Waals surface area contributed by atoms with E-state index in [0.29, 0.717) is 6.42 Å². The van der Waals surface area contributed by atoms with Crippen LogP contribution in [0, 0.1) is 0 Å². The maximum Gasteiger partial charge on any atom is 0.164 e.